The van der Waals surface area contributed by atoms with Crippen LogP contribution in [0.5, 0.6) is 0 Å². The molecule has 1 aromatic rings. The first-order valence-electron chi connectivity index (χ1n) is 6.63. The molecule has 1 aliphatic rings. The maximum Gasteiger partial charge on any atom is 0.252 e. The normalized spacial score (nSPS) is 15.8. The van der Waals surface area contributed by atoms with Gasteiger partial charge < -0.3 is 10.2 Å². The highest BCUT2D eigenvalue weighted by molar-refractivity contribution is 6.33. The van der Waals surface area contributed by atoms with Crippen molar-refractivity contribution in [3.8, 4) is 0 Å². The fourth-order valence-electron chi connectivity index (χ4n) is 2.41. The molecule has 4 heteroatoms. The Morgan fingerprint density at radius 1 is 1.28 bits per heavy atom. The van der Waals surface area contributed by atoms with E-state index in [4.69, 9.17) is 11.6 Å². The number of benzene rings is 1. The molecule has 0 atom stereocenters. The van der Waals surface area contributed by atoms with Crippen LogP contribution in [0.3, 0.4) is 0 Å². The Labute approximate surface area is 113 Å². The minimum Gasteiger partial charge on any atom is -0.352 e. The average Bonchev–Trinajstić information content (AvgIpc) is 2.88. The summed E-state index contributed by atoms with van der Waals surface area (Å²) in [4.78, 5) is 13.5. The number of rotatable bonds is 5. The summed E-state index contributed by atoms with van der Waals surface area (Å²) in [6.07, 6.45) is 3.73. The molecule has 1 amide bonds. The molecule has 18 heavy (non-hydrogen) atoms. The Hall–Kier alpha value is -1.06. The summed E-state index contributed by atoms with van der Waals surface area (Å²) in [6.45, 7) is 4.47. The van der Waals surface area contributed by atoms with Gasteiger partial charge >= 0.3 is 0 Å². The first kappa shape index (κ1) is 13.4. The van der Waals surface area contributed by atoms with Crippen LogP contribution in [0.15, 0.2) is 24.3 Å². The Morgan fingerprint density at radius 2 is 2.00 bits per heavy atom. The number of halogens is 1. The second-order valence-corrected chi connectivity index (χ2v) is 5.20. The van der Waals surface area contributed by atoms with Crippen molar-refractivity contribution in [1.29, 1.82) is 0 Å². The smallest absolute Gasteiger partial charge is 0.252 e. The topological polar surface area (TPSA) is 33.5 Å². The lowest BCUT2D eigenvalue weighted by atomic mass is 10.2. The van der Waals surface area contributed by atoms with Gasteiger partial charge in [-0.2, -0.15) is 0 Å². The number of carbonyl (C=O) groups is 1. The van der Waals surface area contributed by atoms with E-state index < -0.39 is 0 Å². The van der Waals surface area contributed by atoms with E-state index in [1.165, 1.54) is 25.9 Å². The highest BCUT2D eigenvalue weighted by Crippen LogP contribution is 2.14. The van der Waals surface area contributed by atoms with Crippen LogP contribution in [0, 0.1) is 0 Å². The Balaban J connectivity index is 1.70. The molecule has 0 aromatic heterocycles. The summed E-state index contributed by atoms with van der Waals surface area (Å²) in [5, 5.41) is 3.44. The molecule has 0 spiro atoms. The summed E-state index contributed by atoms with van der Waals surface area (Å²) in [5.74, 6) is -0.0722. The molecule has 0 radical (unpaired) electrons. The van der Waals surface area contributed by atoms with Crippen molar-refractivity contribution in [2.75, 3.05) is 26.2 Å². The molecule has 1 aliphatic heterocycles. The van der Waals surface area contributed by atoms with E-state index in [0.717, 1.165) is 19.5 Å². The van der Waals surface area contributed by atoms with Gasteiger partial charge in [0.15, 0.2) is 0 Å². The van der Waals surface area contributed by atoms with Gasteiger partial charge in [-0.3, -0.25) is 4.79 Å². The molecule has 1 aromatic carbocycles. The van der Waals surface area contributed by atoms with Crippen LogP contribution < -0.4 is 10.2 Å². The molecule has 0 saturated carbocycles. The van der Waals surface area contributed by atoms with Crippen molar-refractivity contribution >= 4 is 17.5 Å². The average molecular weight is 268 g/mol. The van der Waals surface area contributed by atoms with Crippen LogP contribution in [0.1, 0.15) is 29.6 Å². The van der Waals surface area contributed by atoms with Crippen molar-refractivity contribution < 1.29 is 9.69 Å². The molecule has 3 nitrogen and oxygen atoms in total. The van der Waals surface area contributed by atoms with Gasteiger partial charge in [0.2, 0.25) is 0 Å². The molecule has 0 aliphatic carbocycles. The van der Waals surface area contributed by atoms with Crippen LogP contribution in [0.2, 0.25) is 5.02 Å². The summed E-state index contributed by atoms with van der Waals surface area (Å²) in [5.41, 5.74) is 0.563. The predicted octanol–water partition coefficient (Wildman–Crippen LogP) is 1.14. The van der Waals surface area contributed by atoms with Crippen LogP contribution in [-0.2, 0) is 0 Å². The second-order valence-electron chi connectivity index (χ2n) is 4.80. The van der Waals surface area contributed by atoms with Crippen LogP contribution in [0.25, 0.3) is 0 Å². The molecule has 0 unspecified atom stereocenters. The van der Waals surface area contributed by atoms with E-state index >= 15 is 0 Å². The zero-order valence-corrected chi connectivity index (χ0v) is 11.3. The fraction of sp³-hybridized carbons (Fsp3) is 0.500. The Morgan fingerprint density at radius 3 is 2.72 bits per heavy atom. The van der Waals surface area contributed by atoms with E-state index in [1.54, 1.807) is 17.0 Å². The van der Waals surface area contributed by atoms with Gasteiger partial charge in [-0.15, -0.1) is 0 Å². The van der Waals surface area contributed by atoms with E-state index in [1.807, 2.05) is 12.1 Å². The molecular weight excluding hydrogens is 248 g/mol. The molecule has 98 valence electrons. The van der Waals surface area contributed by atoms with Gasteiger partial charge in [0.05, 0.1) is 30.2 Å². The third-order valence-electron chi connectivity index (χ3n) is 3.42. The number of hydrogen-bond donors (Lipinski definition) is 2. The lowest BCUT2D eigenvalue weighted by Gasteiger charge is -2.12. The predicted molar refractivity (Wildman–Crippen MR) is 73.2 cm³/mol. The summed E-state index contributed by atoms with van der Waals surface area (Å²) in [6, 6.07) is 7.15. The van der Waals surface area contributed by atoms with Gasteiger partial charge in [0, 0.05) is 25.8 Å². The lowest BCUT2D eigenvalue weighted by molar-refractivity contribution is -0.887. The maximum atomic E-state index is 11.9. The monoisotopic (exact) mass is 267 g/mol. The largest absolute Gasteiger partial charge is 0.352 e. The summed E-state index contributed by atoms with van der Waals surface area (Å²) in [7, 11) is 0. The van der Waals surface area contributed by atoms with Gasteiger partial charge in [-0.25, -0.2) is 0 Å². The van der Waals surface area contributed by atoms with E-state index in [9.17, 15) is 4.79 Å². The highest BCUT2D eigenvalue weighted by Gasteiger charge is 2.14. The Bertz CT molecular complexity index is 403. The van der Waals surface area contributed by atoms with Crippen LogP contribution >= 0.6 is 11.6 Å². The quantitative estimate of drug-likeness (QED) is 0.771. The zero-order chi connectivity index (χ0) is 12.8. The van der Waals surface area contributed by atoms with Crippen LogP contribution in [0.4, 0.5) is 0 Å². The number of carbonyl (C=O) groups excluding carboxylic acids is 1. The lowest BCUT2D eigenvalue weighted by Crippen LogP contribution is -3.10. The minimum atomic E-state index is -0.0722. The fourth-order valence-corrected chi connectivity index (χ4v) is 2.63. The number of nitrogens with one attached hydrogen (secondary N) is 2. The number of hydrogen-bond acceptors (Lipinski definition) is 1. The van der Waals surface area contributed by atoms with Crippen molar-refractivity contribution in [1.82, 2.24) is 5.32 Å². The molecule has 2 N–H and O–H groups in total. The van der Waals surface area contributed by atoms with Crippen molar-refractivity contribution in [3.05, 3.63) is 34.9 Å². The maximum absolute atomic E-state index is 11.9. The first-order chi connectivity index (χ1) is 8.77. The number of quaternary nitrogens is 1. The van der Waals surface area contributed by atoms with Crippen LogP contribution in [-0.4, -0.2) is 32.1 Å². The third kappa shape index (κ3) is 3.72. The van der Waals surface area contributed by atoms with Gasteiger partial charge in [-0.1, -0.05) is 23.7 Å². The molecular formula is C14H20ClN2O+. The van der Waals surface area contributed by atoms with Crippen molar-refractivity contribution in [3.63, 3.8) is 0 Å². The zero-order valence-electron chi connectivity index (χ0n) is 10.5. The molecule has 1 fully saturated rings. The van der Waals surface area contributed by atoms with Gasteiger partial charge in [-0.05, 0) is 12.1 Å². The minimum absolute atomic E-state index is 0.0722. The van der Waals surface area contributed by atoms with E-state index in [0.29, 0.717) is 10.6 Å². The highest BCUT2D eigenvalue weighted by atomic mass is 35.5. The first-order valence-corrected chi connectivity index (χ1v) is 7.01. The number of likely N-dealkylation sites (tertiary alicyclic amines) is 1. The SMILES string of the molecule is O=C(NCCC[NH+]1CCCC1)c1ccccc1Cl. The van der Waals surface area contributed by atoms with Crippen molar-refractivity contribution in [2.45, 2.75) is 19.3 Å². The molecule has 2 rings (SSSR count). The van der Waals surface area contributed by atoms with Gasteiger partial charge in [0.25, 0.3) is 5.91 Å². The van der Waals surface area contributed by atoms with E-state index in [-0.39, 0.29) is 5.91 Å². The standard InChI is InChI=1S/C14H19ClN2O/c15-13-7-2-1-6-12(13)14(18)16-8-5-11-17-9-3-4-10-17/h1-2,6-7H,3-5,8-11H2,(H,16,18)/p+1. The van der Waals surface area contributed by atoms with Gasteiger partial charge in [0.1, 0.15) is 0 Å². The number of amides is 1. The van der Waals surface area contributed by atoms with E-state index in [2.05, 4.69) is 5.32 Å². The van der Waals surface area contributed by atoms with Crippen molar-refractivity contribution in [2.24, 2.45) is 0 Å². The third-order valence-corrected chi connectivity index (χ3v) is 3.75. The summed E-state index contributed by atoms with van der Waals surface area (Å²) < 4.78 is 0. The molecule has 1 saturated heterocycles. The second kappa shape index (κ2) is 6.76. The summed E-state index contributed by atoms with van der Waals surface area (Å²) >= 11 is 5.97. The molecule has 0 bridgehead atoms. The molecule has 1 heterocycles. The Kier molecular flexibility index (Phi) is 5.02.